The summed E-state index contributed by atoms with van der Waals surface area (Å²) in [6.07, 6.45) is 1.53. The van der Waals surface area contributed by atoms with Gasteiger partial charge < -0.3 is 5.32 Å². The fourth-order valence-electron chi connectivity index (χ4n) is 1.76. The molecule has 1 aromatic heterocycles. The summed E-state index contributed by atoms with van der Waals surface area (Å²) in [5.74, 6) is 0.168. The summed E-state index contributed by atoms with van der Waals surface area (Å²) in [4.78, 5) is 4.31. The van der Waals surface area contributed by atoms with Gasteiger partial charge in [-0.3, -0.25) is 0 Å². The molecule has 1 unspecified atom stereocenters. The molecular weight excluding hydrogens is 294 g/mol. The highest BCUT2D eigenvalue weighted by Crippen LogP contribution is 2.18. The van der Waals surface area contributed by atoms with E-state index in [-0.39, 0.29) is 11.8 Å². The third-order valence-corrected chi connectivity index (χ3v) is 5.44. The standard InChI is InChI=1S/C13H25N3O2S2/c1-10(2)14-7-5-6-8-20(17,18)16-12(4)13-15-11(3)9-19-13/h9-10,12,14,16H,5-8H2,1-4H3. The van der Waals surface area contributed by atoms with Gasteiger partial charge in [-0.15, -0.1) is 11.3 Å². The van der Waals surface area contributed by atoms with Gasteiger partial charge in [-0.25, -0.2) is 18.1 Å². The number of thiazole rings is 1. The largest absolute Gasteiger partial charge is 0.315 e. The minimum Gasteiger partial charge on any atom is -0.315 e. The predicted molar refractivity (Wildman–Crippen MR) is 84.6 cm³/mol. The average molecular weight is 319 g/mol. The van der Waals surface area contributed by atoms with Crippen molar-refractivity contribution in [3.63, 3.8) is 0 Å². The zero-order chi connectivity index (χ0) is 15.2. The van der Waals surface area contributed by atoms with Crippen LogP contribution in [-0.4, -0.2) is 31.7 Å². The quantitative estimate of drug-likeness (QED) is 0.685. The summed E-state index contributed by atoms with van der Waals surface area (Å²) in [6, 6.07) is 0.186. The number of hydrogen-bond donors (Lipinski definition) is 2. The minimum atomic E-state index is -3.23. The highest BCUT2D eigenvalue weighted by Gasteiger charge is 2.17. The van der Waals surface area contributed by atoms with Crippen LogP contribution in [0.2, 0.25) is 0 Å². The van der Waals surface area contributed by atoms with E-state index in [1.165, 1.54) is 11.3 Å². The van der Waals surface area contributed by atoms with Crippen molar-refractivity contribution in [2.24, 2.45) is 0 Å². The second-order valence-corrected chi connectivity index (χ2v) is 8.06. The Morgan fingerprint density at radius 2 is 2.00 bits per heavy atom. The molecule has 7 heteroatoms. The first-order chi connectivity index (χ1) is 9.30. The molecular formula is C13H25N3O2S2. The first kappa shape index (κ1) is 17.6. The first-order valence-electron chi connectivity index (χ1n) is 6.95. The predicted octanol–water partition coefficient (Wildman–Crippen LogP) is 2.21. The molecule has 0 radical (unpaired) electrons. The van der Waals surface area contributed by atoms with Crippen molar-refractivity contribution in [2.45, 2.75) is 52.6 Å². The summed E-state index contributed by atoms with van der Waals surface area (Å²) >= 11 is 1.49. The van der Waals surface area contributed by atoms with Crippen molar-refractivity contribution < 1.29 is 8.42 Å². The number of nitrogens with one attached hydrogen (secondary N) is 2. The molecule has 0 bridgehead atoms. The van der Waals surface area contributed by atoms with Crippen LogP contribution in [0.5, 0.6) is 0 Å². The normalized spacial score (nSPS) is 13.8. The second kappa shape index (κ2) is 8.07. The second-order valence-electron chi connectivity index (χ2n) is 5.30. The molecule has 5 nitrogen and oxygen atoms in total. The lowest BCUT2D eigenvalue weighted by Gasteiger charge is -2.12. The van der Waals surface area contributed by atoms with Crippen LogP contribution in [0.3, 0.4) is 0 Å². The van der Waals surface area contributed by atoms with Crippen LogP contribution in [0.4, 0.5) is 0 Å². The van der Waals surface area contributed by atoms with E-state index in [1.54, 1.807) is 0 Å². The smallest absolute Gasteiger partial charge is 0.212 e. The van der Waals surface area contributed by atoms with Gasteiger partial charge in [0.1, 0.15) is 5.01 Å². The van der Waals surface area contributed by atoms with Gasteiger partial charge in [0.2, 0.25) is 10.0 Å². The lowest BCUT2D eigenvalue weighted by Crippen LogP contribution is -2.30. The Kier molecular flexibility index (Phi) is 7.08. The Morgan fingerprint density at radius 3 is 2.55 bits per heavy atom. The number of sulfonamides is 1. The van der Waals surface area contributed by atoms with Crippen molar-refractivity contribution in [2.75, 3.05) is 12.3 Å². The highest BCUT2D eigenvalue weighted by atomic mass is 32.2. The van der Waals surface area contributed by atoms with Gasteiger partial charge in [-0.05, 0) is 33.2 Å². The molecule has 116 valence electrons. The molecule has 0 spiro atoms. The molecule has 1 atom stereocenters. The number of nitrogens with zero attached hydrogens (tertiary/aromatic N) is 1. The summed E-state index contributed by atoms with van der Waals surface area (Å²) in [6.45, 7) is 8.75. The maximum Gasteiger partial charge on any atom is 0.212 e. The SMILES string of the molecule is Cc1csc(C(C)NS(=O)(=O)CCCCNC(C)C)n1. The number of aryl methyl sites for hydroxylation is 1. The maximum absolute atomic E-state index is 12.0. The summed E-state index contributed by atoms with van der Waals surface area (Å²) in [5.41, 5.74) is 0.927. The minimum absolute atomic E-state index is 0.168. The number of rotatable bonds is 9. The van der Waals surface area contributed by atoms with Gasteiger partial charge in [0.05, 0.1) is 11.8 Å². The molecule has 0 aliphatic rings. The Labute approximate surface area is 126 Å². The third-order valence-electron chi connectivity index (χ3n) is 2.76. The first-order valence-corrected chi connectivity index (χ1v) is 9.49. The van der Waals surface area contributed by atoms with Crippen LogP contribution < -0.4 is 10.0 Å². The fraction of sp³-hybridized carbons (Fsp3) is 0.769. The van der Waals surface area contributed by atoms with Crippen molar-refractivity contribution >= 4 is 21.4 Å². The fourth-order valence-corrected chi connectivity index (χ4v) is 3.99. The van der Waals surface area contributed by atoms with E-state index in [2.05, 4.69) is 28.9 Å². The van der Waals surface area contributed by atoms with Crippen LogP contribution in [0, 0.1) is 6.92 Å². The molecule has 0 saturated heterocycles. The lowest BCUT2D eigenvalue weighted by atomic mass is 10.3. The molecule has 2 N–H and O–H groups in total. The molecule has 0 aliphatic carbocycles. The topological polar surface area (TPSA) is 71.1 Å². The number of unbranched alkanes of at least 4 members (excludes halogenated alkanes) is 1. The monoisotopic (exact) mass is 319 g/mol. The third kappa shape index (κ3) is 6.78. The summed E-state index contributed by atoms with van der Waals surface area (Å²) in [7, 11) is -3.23. The summed E-state index contributed by atoms with van der Waals surface area (Å²) in [5, 5.41) is 6.02. The number of aromatic nitrogens is 1. The van der Waals surface area contributed by atoms with Gasteiger partial charge in [0.15, 0.2) is 0 Å². The lowest BCUT2D eigenvalue weighted by molar-refractivity contribution is 0.549. The van der Waals surface area contributed by atoms with Gasteiger partial charge in [0, 0.05) is 17.1 Å². The summed E-state index contributed by atoms with van der Waals surface area (Å²) < 4.78 is 26.6. The molecule has 1 heterocycles. The van der Waals surface area contributed by atoms with Crippen LogP contribution in [0.25, 0.3) is 0 Å². The molecule has 1 aromatic rings. The maximum atomic E-state index is 12.0. The highest BCUT2D eigenvalue weighted by molar-refractivity contribution is 7.89. The average Bonchev–Trinajstić information content (AvgIpc) is 2.74. The molecule has 1 rings (SSSR count). The zero-order valence-corrected chi connectivity index (χ0v) is 14.3. The van der Waals surface area contributed by atoms with Crippen LogP contribution in [0.1, 0.15) is 50.4 Å². The molecule has 20 heavy (non-hydrogen) atoms. The van der Waals surface area contributed by atoms with Gasteiger partial charge >= 0.3 is 0 Å². The zero-order valence-electron chi connectivity index (χ0n) is 12.6. The van der Waals surface area contributed by atoms with Crippen LogP contribution >= 0.6 is 11.3 Å². The number of hydrogen-bond acceptors (Lipinski definition) is 5. The van der Waals surface area contributed by atoms with Crippen molar-refractivity contribution in [3.8, 4) is 0 Å². The van der Waals surface area contributed by atoms with Crippen molar-refractivity contribution in [3.05, 3.63) is 16.1 Å². The molecule has 0 aliphatic heterocycles. The van der Waals surface area contributed by atoms with Gasteiger partial charge in [-0.2, -0.15) is 0 Å². The molecule has 0 aromatic carbocycles. The van der Waals surface area contributed by atoms with Crippen molar-refractivity contribution in [1.82, 2.24) is 15.0 Å². The van der Waals surface area contributed by atoms with Crippen LogP contribution in [-0.2, 0) is 10.0 Å². The Balaban J connectivity index is 2.34. The molecule has 0 saturated carbocycles. The van der Waals surface area contributed by atoms with Crippen LogP contribution in [0.15, 0.2) is 5.38 Å². The van der Waals surface area contributed by atoms with E-state index >= 15 is 0 Å². The van der Waals surface area contributed by atoms with E-state index in [4.69, 9.17) is 0 Å². The van der Waals surface area contributed by atoms with Gasteiger partial charge in [-0.1, -0.05) is 13.8 Å². The van der Waals surface area contributed by atoms with E-state index in [0.29, 0.717) is 12.5 Å². The van der Waals surface area contributed by atoms with E-state index in [1.807, 2.05) is 19.2 Å². The Morgan fingerprint density at radius 1 is 1.30 bits per heavy atom. The molecule has 0 amide bonds. The molecule has 0 fully saturated rings. The van der Waals surface area contributed by atoms with E-state index in [0.717, 1.165) is 23.7 Å². The van der Waals surface area contributed by atoms with Crippen molar-refractivity contribution in [1.29, 1.82) is 0 Å². The van der Waals surface area contributed by atoms with E-state index < -0.39 is 10.0 Å². The Hall–Kier alpha value is -0.500. The van der Waals surface area contributed by atoms with E-state index in [9.17, 15) is 8.42 Å². The Bertz CT molecular complexity index is 497. The van der Waals surface area contributed by atoms with Gasteiger partial charge in [0.25, 0.3) is 0 Å².